The first-order valence-corrected chi connectivity index (χ1v) is 8.31. The van der Waals surface area contributed by atoms with E-state index < -0.39 is 0 Å². The summed E-state index contributed by atoms with van der Waals surface area (Å²) >= 11 is 5.80. The highest BCUT2D eigenvalue weighted by Crippen LogP contribution is 2.38. The molecule has 0 saturated carbocycles. The van der Waals surface area contributed by atoms with E-state index in [-0.39, 0.29) is 12.0 Å². The van der Waals surface area contributed by atoms with Gasteiger partial charge in [-0.25, -0.2) is 4.98 Å². The molecule has 2 heterocycles. The second kappa shape index (κ2) is 7.70. The summed E-state index contributed by atoms with van der Waals surface area (Å²) in [5.74, 6) is 1.68. The number of likely N-dealkylation sites (tertiary alicyclic amines) is 1. The number of nitrogens with zero attached hydrogens (tertiary/aromatic N) is 2. The van der Waals surface area contributed by atoms with Gasteiger partial charge in [0.25, 0.3) is 5.91 Å². The van der Waals surface area contributed by atoms with E-state index in [1.807, 2.05) is 0 Å². The molecule has 0 atom stereocenters. The third kappa shape index (κ3) is 3.62. The average molecular weight is 379 g/mol. The third-order valence-corrected chi connectivity index (χ3v) is 4.26. The molecule has 0 spiro atoms. The van der Waals surface area contributed by atoms with E-state index in [0.29, 0.717) is 46.8 Å². The standard InChI is InChI=1S/C18H19ClN2O5/c1-23-14-6-11(7-15(24-2)17(14)25-3)18(22)21-9-13(10-21)26-16-5-4-12(19)8-20-16/h4-8,13H,9-10H2,1-3H3. The van der Waals surface area contributed by atoms with E-state index in [2.05, 4.69) is 4.98 Å². The van der Waals surface area contributed by atoms with E-state index >= 15 is 0 Å². The molecule has 1 aromatic carbocycles. The number of pyridine rings is 1. The summed E-state index contributed by atoms with van der Waals surface area (Å²) in [4.78, 5) is 18.5. The lowest BCUT2D eigenvalue weighted by molar-refractivity contribution is 0.0159. The first-order valence-electron chi connectivity index (χ1n) is 7.93. The molecule has 0 aliphatic carbocycles. The highest BCUT2D eigenvalue weighted by Gasteiger charge is 2.34. The Labute approximate surface area is 156 Å². The van der Waals surface area contributed by atoms with Crippen molar-refractivity contribution in [1.82, 2.24) is 9.88 Å². The van der Waals surface area contributed by atoms with Crippen LogP contribution in [-0.2, 0) is 0 Å². The molecule has 1 aromatic heterocycles. The number of aromatic nitrogens is 1. The Bertz CT molecular complexity index is 766. The van der Waals surface area contributed by atoms with Crippen LogP contribution in [0, 0.1) is 0 Å². The zero-order valence-electron chi connectivity index (χ0n) is 14.7. The molecule has 0 N–H and O–H groups in total. The second-order valence-corrected chi connectivity index (χ2v) is 6.12. The van der Waals surface area contributed by atoms with Gasteiger partial charge in [0.1, 0.15) is 6.10 Å². The van der Waals surface area contributed by atoms with Crippen LogP contribution >= 0.6 is 11.6 Å². The van der Waals surface area contributed by atoms with E-state index in [0.717, 1.165) is 0 Å². The van der Waals surface area contributed by atoms with Gasteiger partial charge in [-0.05, 0) is 18.2 Å². The fraction of sp³-hybridized carbons (Fsp3) is 0.333. The molecule has 0 bridgehead atoms. The molecule has 1 aliphatic rings. The lowest BCUT2D eigenvalue weighted by Gasteiger charge is -2.38. The van der Waals surface area contributed by atoms with Gasteiger partial charge in [0.15, 0.2) is 11.5 Å². The van der Waals surface area contributed by atoms with Crippen molar-refractivity contribution in [3.8, 4) is 23.1 Å². The molecule has 138 valence electrons. The van der Waals surface area contributed by atoms with Crippen molar-refractivity contribution in [3.05, 3.63) is 41.0 Å². The van der Waals surface area contributed by atoms with Crippen LogP contribution in [0.1, 0.15) is 10.4 Å². The summed E-state index contributed by atoms with van der Waals surface area (Å²) in [6, 6.07) is 6.69. The van der Waals surface area contributed by atoms with Crippen LogP contribution in [0.25, 0.3) is 0 Å². The van der Waals surface area contributed by atoms with Crippen LogP contribution in [0.4, 0.5) is 0 Å². The van der Waals surface area contributed by atoms with Crippen LogP contribution < -0.4 is 18.9 Å². The fourth-order valence-electron chi connectivity index (χ4n) is 2.67. The van der Waals surface area contributed by atoms with Gasteiger partial charge in [-0.2, -0.15) is 0 Å². The Balaban J connectivity index is 1.66. The van der Waals surface area contributed by atoms with E-state index in [4.69, 9.17) is 30.5 Å². The van der Waals surface area contributed by atoms with Crippen molar-refractivity contribution >= 4 is 17.5 Å². The van der Waals surface area contributed by atoms with Gasteiger partial charge in [0.2, 0.25) is 11.6 Å². The van der Waals surface area contributed by atoms with E-state index in [1.54, 1.807) is 29.2 Å². The maximum atomic E-state index is 12.7. The zero-order valence-corrected chi connectivity index (χ0v) is 15.4. The summed E-state index contributed by atoms with van der Waals surface area (Å²) < 4.78 is 21.6. The molecular weight excluding hydrogens is 360 g/mol. The molecule has 3 rings (SSSR count). The molecule has 0 unspecified atom stereocenters. The lowest BCUT2D eigenvalue weighted by Crippen LogP contribution is -2.56. The van der Waals surface area contributed by atoms with E-state index in [9.17, 15) is 4.79 Å². The van der Waals surface area contributed by atoms with Gasteiger partial charge in [0.05, 0.1) is 39.4 Å². The Hall–Kier alpha value is -2.67. The minimum atomic E-state index is -0.131. The van der Waals surface area contributed by atoms with Crippen molar-refractivity contribution in [2.24, 2.45) is 0 Å². The third-order valence-electron chi connectivity index (χ3n) is 4.03. The van der Waals surface area contributed by atoms with Crippen LogP contribution in [0.15, 0.2) is 30.5 Å². The molecule has 1 amide bonds. The van der Waals surface area contributed by atoms with Crippen LogP contribution in [0.3, 0.4) is 0 Å². The number of methoxy groups -OCH3 is 3. The van der Waals surface area contributed by atoms with E-state index in [1.165, 1.54) is 27.5 Å². The van der Waals surface area contributed by atoms with Gasteiger partial charge < -0.3 is 23.8 Å². The number of amides is 1. The van der Waals surface area contributed by atoms with Crippen molar-refractivity contribution in [2.45, 2.75) is 6.10 Å². The Morgan fingerprint density at radius 3 is 2.27 bits per heavy atom. The van der Waals surface area contributed by atoms with Crippen molar-refractivity contribution < 1.29 is 23.7 Å². The fourth-order valence-corrected chi connectivity index (χ4v) is 2.78. The maximum absolute atomic E-state index is 12.7. The number of ether oxygens (including phenoxy) is 4. The number of hydrogen-bond donors (Lipinski definition) is 0. The predicted molar refractivity (Wildman–Crippen MR) is 95.7 cm³/mol. The van der Waals surface area contributed by atoms with Gasteiger partial charge in [0, 0.05) is 17.8 Å². The largest absolute Gasteiger partial charge is 0.493 e. The highest BCUT2D eigenvalue weighted by molar-refractivity contribution is 6.30. The number of hydrogen-bond acceptors (Lipinski definition) is 6. The van der Waals surface area contributed by atoms with Gasteiger partial charge in [-0.1, -0.05) is 11.6 Å². The second-order valence-electron chi connectivity index (χ2n) is 5.68. The van der Waals surface area contributed by atoms with Gasteiger partial charge in [-0.3, -0.25) is 4.79 Å². The maximum Gasteiger partial charge on any atom is 0.254 e. The molecule has 1 fully saturated rings. The number of carbonyl (C=O) groups excluding carboxylic acids is 1. The minimum absolute atomic E-state index is 0.102. The smallest absolute Gasteiger partial charge is 0.254 e. The normalized spacial score (nSPS) is 13.8. The first kappa shape index (κ1) is 18.1. The molecule has 7 nitrogen and oxygen atoms in total. The van der Waals surface area contributed by atoms with Crippen LogP contribution in [0.2, 0.25) is 5.02 Å². The number of benzene rings is 1. The highest BCUT2D eigenvalue weighted by atomic mass is 35.5. The molecule has 1 aliphatic heterocycles. The molecular formula is C18H19ClN2O5. The summed E-state index contributed by atoms with van der Waals surface area (Å²) in [6.45, 7) is 0.944. The van der Waals surface area contributed by atoms with Crippen LogP contribution in [-0.4, -0.2) is 56.3 Å². The van der Waals surface area contributed by atoms with Gasteiger partial charge in [-0.15, -0.1) is 0 Å². The number of halogens is 1. The molecule has 8 heteroatoms. The first-order chi connectivity index (χ1) is 12.5. The Kier molecular flexibility index (Phi) is 5.37. The van der Waals surface area contributed by atoms with Gasteiger partial charge >= 0.3 is 0 Å². The average Bonchev–Trinajstić information content (AvgIpc) is 2.63. The van der Waals surface area contributed by atoms with Crippen molar-refractivity contribution in [3.63, 3.8) is 0 Å². The van der Waals surface area contributed by atoms with Crippen molar-refractivity contribution in [2.75, 3.05) is 34.4 Å². The minimum Gasteiger partial charge on any atom is -0.493 e. The van der Waals surface area contributed by atoms with Crippen LogP contribution in [0.5, 0.6) is 23.1 Å². The monoisotopic (exact) mass is 378 g/mol. The SMILES string of the molecule is COc1cc(C(=O)N2CC(Oc3ccc(Cl)cn3)C2)cc(OC)c1OC. The quantitative estimate of drug-likeness (QED) is 0.769. The predicted octanol–water partition coefficient (Wildman–Crippen LogP) is 2.66. The summed E-state index contributed by atoms with van der Waals surface area (Å²) in [6.07, 6.45) is 1.42. The van der Waals surface area contributed by atoms with Crippen molar-refractivity contribution in [1.29, 1.82) is 0 Å². The number of carbonyl (C=O) groups is 1. The Morgan fingerprint density at radius 2 is 1.77 bits per heavy atom. The Morgan fingerprint density at radius 1 is 1.12 bits per heavy atom. The zero-order chi connectivity index (χ0) is 18.7. The summed E-state index contributed by atoms with van der Waals surface area (Å²) in [5.41, 5.74) is 0.461. The summed E-state index contributed by atoms with van der Waals surface area (Å²) in [5, 5.41) is 0.546. The molecule has 26 heavy (non-hydrogen) atoms. The summed E-state index contributed by atoms with van der Waals surface area (Å²) in [7, 11) is 4.54. The lowest BCUT2D eigenvalue weighted by atomic mass is 10.1. The molecule has 2 aromatic rings. The molecule has 0 radical (unpaired) electrons. The molecule has 1 saturated heterocycles. The number of rotatable bonds is 6. The topological polar surface area (TPSA) is 70.1 Å².